The van der Waals surface area contributed by atoms with Gasteiger partial charge < -0.3 is 14.7 Å². The van der Waals surface area contributed by atoms with Gasteiger partial charge in [0.05, 0.1) is 0 Å². The van der Waals surface area contributed by atoms with Crippen LogP contribution in [-0.2, 0) is 4.79 Å². The molecule has 0 radical (unpaired) electrons. The van der Waals surface area contributed by atoms with E-state index >= 15 is 0 Å². The Bertz CT molecular complexity index is 517. The van der Waals surface area contributed by atoms with E-state index < -0.39 is 0 Å². The van der Waals surface area contributed by atoms with Crippen LogP contribution in [0.15, 0.2) is 6.33 Å². The van der Waals surface area contributed by atoms with Crippen molar-refractivity contribution in [1.29, 1.82) is 0 Å². The van der Waals surface area contributed by atoms with Crippen molar-refractivity contribution >= 4 is 11.9 Å². The number of rotatable bonds is 3. The van der Waals surface area contributed by atoms with Gasteiger partial charge in [0.25, 0.3) is 0 Å². The summed E-state index contributed by atoms with van der Waals surface area (Å²) in [4.78, 5) is 33.5. The van der Waals surface area contributed by atoms with Crippen LogP contribution in [0, 0.1) is 0 Å². The minimum Gasteiger partial charge on any atom is -0.340 e. The first-order valence-corrected chi connectivity index (χ1v) is 7.28. The van der Waals surface area contributed by atoms with E-state index in [2.05, 4.69) is 15.2 Å². The van der Waals surface area contributed by atoms with E-state index in [1.807, 2.05) is 4.90 Å². The standard InChI is InChI=1S/C13H20N6O2/c1-17-5-6-19(13(17)21)8-11(20)18-4-2-3-10(7-18)12-14-9-15-16-12/h9-10H,2-8H2,1H3,(H,14,15,16)/t10-/m1/s1. The second kappa shape index (κ2) is 5.71. The number of aromatic amines is 1. The summed E-state index contributed by atoms with van der Waals surface area (Å²) >= 11 is 0. The highest BCUT2D eigenvalue weighted by Crippen LogP contribution is 2.24. The number of piperidine rings is 1. The van der Waals surface area contributed by atoms with Gasteiger partial charge >= 0.3 is 6.03 Å². The predicted molar refractivity (Wildman–Crippen MR) is 74.5 cm³/mol. The van der Waals surface area contributed by atoms with Gasteiger partial charge in [-0.2, -0.15) is 5.10 Å². The number of amides is 3. The van der Waals surface area contributed by atoms with Crippen LogP contribution in [0.5, 0.6) is 0 Å². The van der Waals surface area contributed by atoms with Gasteiger partial charge in [-0.15, -0.1) is 0 Å². The molecule has 0 spiro atoms. The third-order valence-electron chi connectivity index (χ3n) is 4.22. The largest absolute Gasteiger partial charge is 0.340 e. The summed E-state index contributed by atoms with van der Waals surface area (Å²) in [6.07, 6.45) is 3.45. The molecule has 8 heteroatoms. The highest BCUT2D eigenvalue weighted by Gasteiger charge is 2.31. The molecule has 0 unspecified atom stereocenters. The molecule has 2 saturated heterocycles. The second-order valence-corrected chi connectivity index (χ2v) is 5.68. The molecule has 1 aromatic rings. The van der Waals surface area contributed by atoms with Gasteiger partial charge in [0, 0.05) is 39.1 Å². The number of urea groups is 1. The maximum absolute atomic E-state index is 12.4. The van der Waals surface area contributed by atoms with E-state index in [4.69, 9.17) is 0 Å². The van der Waals surface area contributed by atoms with Crippen molar-refractivity contribution in [3.63, 3.8) is 0 Å². The molecule has 3 heterocycles. The van der Waals surface area contributed by atoms with Gasteiger partial charge in [0.1, 0.15) is 18.7 Å². The number of hydrogen-bond donors (Lipinski definition) is 1. The molecule has 0 aromatic carbocycles. The van der Waals surface area contributed by atoms with Gasteiger partial charge in [-0.25, -0.2) is 9.78 Å². The van der Waals surface area contributed by atoms with E-state index in [0.29, 0.717) is 19.6 Å². The molecule has 21 heavy (non-hydrogen) atoms. The van der Waals surface area contributed by atoms with Crippen LogP contribution in [0.1, 0.15) is 24.6 Å². The number of carbonyl (C=O) groups is 2. The zero-order valence-electron chi connectivity index (χ0n) is 12.2. The van der Waals surface area contributed by atoms with Crippen LogP contribution in [0.3, 0.4) is 0 Å². The molecule has 8 nitrogen and oxygen atoms in total. The van der Waals surface area contributed by atoms with Crippen LogP contribution in [-0.4, -0.2) is 81.6 Å². The van der Waals surface area contributed by atoms with E-state index in [1.54, 1.807) is 16.8 Å². The smallest absolute Gasteiger partial charge is 0.320 e. The summed E-state index contributed by atoms with van der Waals surface area (Å²) in [6, 6.07) is -0.0628. The third kappa shape index (κ3) is 2.84. The zero-order valence-corrected chi connectivity index (χ0v) is 12.2. The first kappa shape index (κ1) is 13.8. The zero-order chi connectivity index (χ0) is 14.8. The molecule has 0 bridgehead atoms. The van der Waals surface area contributed by atoms with Crippen molar-refractivity contribution in [2.24, 2.45) is 0 Å². The summed E-state index contributed by atoms with van der Waals surface area (Å²) in [5.74, 6) is 1.06. The fourth-order valence-corrected chi connectivity index (χ4v) is 2.95. The van der Waals surface area contributed by atoms with Crippen LogP contribution in [0.25, 0.3) is 0 Å². The Kier molecular flexibility index (Phi) is 3.76. The highest BCUT2D eigenvalue weighted by molar-refractivity contribution is 5.85. The molecule has 2 fully saturated rings. The van der Waals surface area contributed by atoms with Crippen LogP contribution in [0.4, 0.5) is 4.79 Å². The van der Waals surface area contributed by atoms with Gasteiger partial charge in [0.2, 0.25) is 5.91 Å². The molecule has 3 rings (SSSR count). The normalized spacial score (nSPS) is 23.0. The molecular weight excluding hydrogens is 272 g/mol. The number of hydrogen-bond acceptors (Lipinski definition) is 4. The van der Waals surface area contributed by atoms with Crippen LogP contribution in [0.2, 0.25) is 0 Å². The van der Waals surface area contributed by atoms with E-state index in [1.165, 1.54) is 6.33 Å². The van der Waals surface area contributed by atoms with E-state index in [9.17, 15) is 9.59 Å². The summed E-state index contributed by atoms with van der Waals surface area (Å²) in [7, 11) is 1.76. The van der Waals surface area contributed by atoms with Crippen molar-refractivity contribution < 1.29 is 9.59 Å². The second-order valence-electron chi connectivity index (χ2n) is 5.68. The summed E-state index contributed by atoms with van der Waals surface area (Å²) in [6.45, 7) is 2.88. The average molecular weight is 292 g/mol. The van der Waals surface area contributed by atoms with Crippen LogP contribution >= 0.6 is 0 Å². The van der Waals surface area contributed by atoms with Crippen molar-refractivity contribution in [2.75, 3.05) is 39.8 Å². The number of likely N-dealkylation sites (N-methyl/N-ethyl adjacent to an activating group) is 1. The third-order valence-corrected chi connectivity index (χ3v) is 4.22. The summed E-state index contributed by atoms with van der Waals surface area (Å²) in [5, 5.41) is 6.75. The Balaban J connectivity index is 1.58. The Hall–Kier alpha value is -2.12. The molecule has 2 aliphatic rings. The SMILES string of the molecule is CN1CCN(CC(=O)N2CCC[C@@H](c3ncn[nH]3)C2)C1=O. The first-order chi connectivity index (χ1) is 10.1. The van der Waals surface area contributed by atoms with Crippen LogP contribution < -0.4 is 0 Å². The Morgan fingerprint density at radius 2 is 2.29 bits per heavy atom. The van der Waals surface area contributed by atoms with Gasteiger partial charge in [-0.05, 0) is 12.8 Å². The number of likely N-dealkylation sites (tertiary alicyclic amines) is 1. The lowest BCUT2D eigenvalue weighted by Crippen LogP contribution is -2.45. The average Bonchev–Trinajstić information content (AvgIpc) is 3.13. The van der Waals surface area contributed by atoms with Crippen molar-refractivity contribution in [2.45, 2.75) is 18.8 Å². The lowest BCUT2D eigenvalue weighted by molar-refractivity contribution is -0.132. The Morgan fingerprint density at radius 1 is 1.43 bits per heavy atom. The monoisotopic (exact) mass is 292 g/mol. The lowest BCUT2D eigenvalue weighted by Gasteiger charge is -2.32. The maximum Gasteiger partial charge on any atom is 0.320 e. The molecule has 114 valence electrons. The van der Waals surface area contributed by atoms with Crippen molar-refractivity contribution in [1.82, 2.24) is 29.9 Å². The quantitative estimate of drug-likeness (QED) is 0.841. The van der Waals surface area contributed by atoms with Crippen molar-refractivity contribution in [3.05, 3.63) is 12.2 Å². The molecule has 0 aliphatic carbocycles. The predicted octanol–water partition coefficient (Wildman–Crippen LogP) is -0.122. The Labute approximate surface area is 123 Å². The first-order valence-electron chi connectivity index (χ1n) is 7.28. The fraction of sp³-hybridized carbons (Fsp3) is 0.692. The number of nitrogens with one attached hydrogen (secondary N) is 1. The van der Waals surface area contributed by atoms with Crippen molar-refractivity contribution in [3.8, 4) is 0 Å². The maximum atomic E-state index is 12.4. The summed E-state index contributed by atoms with van der Waals surface area (Å²) in [5.41, 5.74) is 0. The minimum absolute atomic E-state index is 0.0165. The topological polar surface area (TPSA) is 85.4 Å². The molecule has 3 amide bonds. The van der Waals surface area contributed by atoms with E-state index in [0.717, 1.165) is 25.2 Å². The molecule has 1 N–H and O–H groups in total. The van der Waals surface area contributed by atoms with Gasteiger partial charge in [-0.3, -0.25) is 9.89 Å². The molecule has 1 atom stereocenters. The van der Waals surface area contributed by atoms with Gasteiger partial charge in [0.15, 0.2) is 0 Å². The number of nitrogens with zero attached hydrogens (tertiary/aromatic N) is 5. The van der Waals surface area contributed by atoms with E-state index in [-0.39, 0.29) is 24.4 Å². The Morgan fingerprint density at radius 3 is 2.95 bits per heavy atom. The summed E-state index contributed by atoms with van der Waals surface area (Å²) < 4.78 is 0. The lowest BCUT2D eigenvalue weighted by atomic mass is 9.97. The van der Waals surface area contributed by atoms with Gasteiger partial charge in [-0.1, -0.05) is 0 Å². The molecule has 0 saturated carbocycles. The number of carbonyl (C=O) groups excluding carboxylic acids is 2. The highest BCUT2D eigenvalue weighted by atomic mass is 16.2. The molecule has 1 aromatic heterocycles. The molecule has 2 aliphatic heterocycles. The number of aromatic nitrogens is 3. The number of H-pyrrole nitrogens is 1. The fourth-order valence-electron chi connectivity index (χ4n) is 2.95. The molecular formula is C13H20N6O2. The minimum atomic E-state index is -0.0628.